The van der Waals surface area contributed by atoms with Gasteiger partial charge in [-0.05, 0) is 48.0 Å². The third kappa shape index (κ3) is 6.82. The van der Waals surface area contributed by atoms with Gasteiger partial charge in [0.1, 0.15) is 11.2 Å². The summed E-state index contributed by atoms with van der Waals surface area (Å²) in [5, 5.41) is 23.8. The molecule has 11 heteroatoms. The smallest absolute Gasteiger partial charge is 0.408 e. The van der Waals surface area contributed by atoms with E-state index in [1.807, 2.05) is 0 Å². The zero-order valence-corrected chi connectivity index (χ0v) is 19.7. The van der Waals surface area contributed by atoms with Crippen LogP contribution in [0.5, 0.6) is 5.75 Å². The van der Waals surface area contributed by atoms with Gasteiger partial charge in [0.25, 0.3) is 5.69 Å². The van der Waals surface area contributed by atoms with Crippen LogP contribution in [0, 0.1) is 17.0 Å². The molecule has 0 saturated heterocycles. The third-order valence-corrected chi connectivity index (χ3v) is 4.56. The maximum absolute atomic E-state index is 12.5. The number of hydrogen-bond donors (Lipinski definition) is 2. The van der Waals surface area contributed by atoms with Crippen LogP contribution in [0.25, 0.3) is 0 Å². The minimum atomic E-state index is -1.43. The van der Waals surface area contributed by atoms with Crippen LogP contribution in [-0.2, 0) is 9.53 Å². The molecule has 11 nitrogen and oxygen atoms in total. The number of nitro benzene ring substituents is 1. The first-order valence-corrected chi connectivity index (χ1v) is 9.89. The van der Waals surface area contributed by atoms with E-state index in [-0.39, 0.29) is 30.0 Å². The molecule has 0 aromatic heterocycles. The number of benzene rings is 1. The number of rotatable bonds is 8. The van der Waals surface area contributed by atoms with Crippen molar-refractivity contribution in [1.82, 2.24) is 5.32 Å². The average molecular weight is 453 g/mol. The highest BCUT2D eigenvalue weighted by Gasteiger charge is 2.32. The van der Waals surface area contributed by atoms with Crippen LogP contribution in [0.4, 0.5) is 16.2 Å². The van der Waals surface area contributed by atoms with Crippen LogP contribution in [0.1, 0.15) is 63.9 Å². The Labute approximate surface area is 186 Å². The summed E-state index contributed by atoms with van der Waals surface area (Å²) in [5.41, 5.74) is -2.29. The summed E-state index contributed by atoms with van der Waals surface area (Å²) in [7, 11) is 1.23. The molecule has 0 aliphatic carbocycles. The van der Waals surface area contributed by atoms with E-state index in [1.54, 1.807) is 34.6 Å². The number of nitrogens with one attached hydrogen (secondary N) is 1. The largest absolute Gasteiger partial charge is 0.494 e. The number of carboxylic acid groups (broad SMARTS) is 1. The quantitative estimate of drug-likeness (QED) is 0.447. The highest BCUT2D eigenvalue weighted by atomic mass is 16.6. The molecule has 0 atom stereocenters. The second kappa shape index (κ2) is 9.84. The van der Waals surface area contributed by atoms with Gasteiger partial charge in [-0.1, -0.05) is 0 Å². The molecule has 0 radical (unpaired) electrons. The Morgan fingerprint density at radius 2 is 1.78 bits per heavy atom. The number of alkyl carbamates (subject to hydrolysis) is 1. The number of methoxy groups -OCH3 is 1. The van der Waals surface area contributed by atoms with Crippen molar-refractivity contribution < 1.29 is 33.9 Å². The van der Waals surface area contributed by atoms with Crippen molar-refractivity contribution in [2.45, 2.75) is 66.0 Å². The monoisotopic (exact) mass is 453 g/mol. The maximum Gasteiger partial charge on any atom is 0.408 e. The fraction of sp³-hybridized carbons (Fsp3) is 0.571. The summed E-state index contributed by atoms with van der Waals surface area (Å²) in [4.78, 5) is 48.3. The van der Waals surface area contributed by atoms with E-state index >= 15 is 0 Å². The zero-order valence-electron chi connectivity index (χ0n) is 19.7. The third-order valence-electron chi connectivity index (χ3n) is 4.56. The van der Waals surface area contributed by atoms with Crippen molar-refractivity contribution in [3.63, 3.8) is 0 Å². The SMILES string of the molecule is COc1c(C(=O)O)cc([N+](=O)[O-])c(C)c1N(CCC(C)(C)NC(=O)OC(C)(C)C)C(C)=O. The first-order valence-electron chi connectivity index (χ1n) is 9.89. The lowest BCUT2D eigenvalue weighted by Gasteiger charge is -2.32. The molecule has 1 rings (SSSR count). The molecule has 2 amide bonds. The number of nitro groups is 1. The number of hydrogen-bond acceptors (Lipinski definition) is 7. The Kier molecular flexibility index (Phi) is 8.20. The van der Waals surface area contributed by atoms with Gasteiger partial charge < -0.3 is 24.8 Å². The average Bonchev–Trinajstić information content (AvgIpc) is 2.59. The Morgan fingerprint density at radius 1 is 1.22 bits per heavy atom. The van der Waals surface area contributed by atoms with Crippen molar-refractivity contribution in [2.24, 2.45) is 0 Å². The maximum atomic E-state index is 12.5. The fourth-order valence-corrected chi connectivity index (χ4v) is 3.07. The summed E-state index contributed by atoms with van der Waals surface area (Å²) in [5.74, 6) is -2.06. The summed E-state index contributed by atoms with van der Waals surface area (Å²) in [6, 6.07) is 0.909. The summed E-state index contributed by atoms with van der Waals surface area (Å²) in [6.45, 7) is 11.4. The molecule has 0 aliphatic rings. The van der Waals surface area contributed by atoms with Crippen molar-refractivity contribution in [3.05, 3.63) is 27.3 Å². The minimum Gasteiger partial charge on any atom is -0.494 e. The van der Waals surface area contributed by atoms with Crippen molar-refractivity contribution in [2.75, 3.05) is 18.6 Å². The van der Waals surface area contributed by atoms with E-state index in [9.17, 15) is 29.6 Å². The normalized spacial score (nSPS) is 11.5. The van der Waals surface area contributed by atoms with Gasteiger partial charge in [-0.3, -0.25) is 14.9 Å². The Morgan fingerprint density at radius 3 is 2.19 bits per heavy atom. The summed E-state index contributed by atoms with van der Waals surface area (Å²) < 4.78 is 10.5. The van der Waals surface area contributed by atoms with Gasteiger partial charge in [0.15, 0.2) is 5.75 Å². The molecule has 178 valence electrons. The molecule has 1 aromatic carbocycles. The van der Waals surface area contributed by atoms with Gasteiger partial charge in [-0.15, -0.1) is 0 Å². The van der Waals surface area contributed by atoms with Crippen molar-refractivity contribution >= 4 is 29.3 Å². The number of aromatic carboxylic acids is 1. The Balaban J connectivity index is 3.38. The molecule has 0 unspecified atom stereocenters. The molecule has 32 heavy (non-hydrogen) atoms. The lowest BCUT2D eigenvalue weighted by molar-refractivity contribution is -0.385. The predicted molar refractivity (Wildman–Crippen MR) is 117 cm³/mol. The number of amides is 2. The second-order valence-electron chi connectivity index (χ2n) is 8.94. The molecule has 0 bridgehead atoms. The predicted octanol–water partition coefficient (Wildman–Crippen LogP) is 3.66. The van der Waals surface area contributed by atoms with Crippen LogP contribution in [0.3, 0.4) is 0 Å². The van der Waals surface area contributed by atoms with Crippen LogP contribution < -0.4 is 15.0 Å². The topological polar surface area (TPSA) is 148 Å². The van der Waals surface area contributed by atoms with Crippen molar-refractivity contribution in [3.8, 4) is 5.75 Å². The standard InChI is InChI=1S/C21H31N3O8/c1-12-15(24(29)30)11-14(18(26)27)17(31-8)16(12)23(13(2)25)10-9-21(6,7)22-19(28)32-20(3,4)5/h11H,9-10H2,1-8H3,(H,22,28)(H,26,27). The highest BCUT2D eigenvalue weighted by Crippen LogP contribution is 2.41. The summed E-state index contributed by atoms with van der Waals surface area (Å²) in [6.07, 6.45) is -0.395. The van der Waals surface area contributed by atoms with Crippen LogP contribution in [-0.4, -0.2) is 52.8 Å². The summed E-state index contributed by atoms with van der Waals surface area (Å²) >= 11 is 0. The number of carbonyl (C=O) groups is 3. The van der Waals surface area contributed by atoms with Gasteiger partial charge in [-0.2, -0.15) is 0 Å². The van der Waals surface area contributed by atoms with Gasteiger partial charge in [0.05, 0.1) is 23.3 Å². The van der Waals surface area contributed by atoms with Crippen molar-refractivity contribution in [1.29, 1.82) is 0 Å². The molecule has 0 spiro atoms. The number of carbonyl (C=O) groups excluding carboxylic acids is 2. The van der Waals surface area contributed by atoms with Gasteiger partial charge in [-0.25, -0.2) is 9.59 Å². The Hall–Kier alpha value is -3.37. The highest BCUT2D eigenvalue weighted by molar-refractivity contribution is 6.01. The fourth-order valence-electron chi connectivity index (χ4n) is 3.07. The lowest BCUT2D eigenvalue weighted by atomic mass is 9.99. The van der Waals surface area contributed by atoms with E-state index < -0.39 is 45.3 Å². The second-order valence-corrected chi connectivity index (χ2v) is 8.94. The van der Waals surface area contributed by atoms with Crippen LogP contribution in [0.15, 0.2) is 6.07 Å². The molecule has 0 saturated carbocycles. The van der Waals surface area contributed by atoms with Gasteiger partial charge in [0.2, 0.25) is 5.91 Å². The molecule has 0 fully saturated rings. The van der Waals surface area contributed by atoms with E-state index in [0.29, 0.717) is 0 Å². The molecule has 0 aliphatic heterocycles. The molecular weight excluding hydrogens is 422 g/mol. The van der Waals surface area contributed by atoms with Crippen LogP contribution in [0.2, 0.25) is 0 Å². The minimum absolute atomic E-state index is 0.000307. The van der Waals surface area contributed by atoms with E-state index in [4.69, 9.17) is 9.47 Å². The lowest BCUT2D eigenvalue weighted by Crippen LogP contribution is -2.48. The zero-order chi connectivity index (χ0) is 25.0. The molecule has 0 heterocycles. The number of anilines is 1. The molecular formula is C21H31N3O8. The first kappa shape index (κ1) is 26.7. The Bertz CT molecular complexity index is 919. The molecule has 1 aromatic rings. The van der Waals surface area contributed by atoms with Gasteiger partial charge >= 0.3 is 12.1 Å². The number of ether oxygens (including phenoxy) is 2. The molecule has 2 N–H and O–H groups in total. The van der Waals surface area contributed by atoms with Gasteiger partial charge in [0, 0.05) is 25.1 Å². The number of nitrogens with zero attached hydrogens (tertiary/aromatic N) is 2. The van der Waals surface area contributed by atoms with E-state index in [2.05, 4.69) is 5.32 Å². The number of carboxylic acids is 1. The van der Waals surface area contributed by atoms with E-state index in [1.165, 1.54) is 25.9 Å². The van der Waals surface area contributed by atoms with Crippen LogP contribution >= 0.6 is 0 Å². The van der Waals surface area contributed by atoms with E-state index in [0.717, 1.165) is 6.07 Å². The first-order chi connectivity index (χ1) is 14.5.